The summed E-state index contributed by atoms with van der Waals surface area (Å²) in [5, 5.41) is 29.7. The van der Waals surface area contributed by atoms with Crippen LogP contribution >= 0.6 is 0 Å². The average Bonchev–Trinajstić information content (AvgIpc) is 3.00. The van der Waals surface area contributed by atoms with Gasteiger partial charge in [0, 0.05) is 5.16 Å². The highest BCUT2D eigenvalue weighted by molar-refractivity contribution is 5.72. The van der Waals surface area contributed by atoms with Crippen LogP contribution in [0.4, 0.5) is 0 Å². The second kappa shape index (κ2) is 3.61. The summed E-state index contributed by atoms with van der Waals surface area (Å²) in [5.41, 5.74) is 1.64. The molecule has 0 aliphatic rings. The van der Waals surface area contributed by atoms with E-state index < -0.39 is 0 Å². The van der Waals surface area contributed by atoms with Crippen LogP contribution < -0.4 is 4.90 Å². The lowest BCUT2D eigenvalue weighted by Gasteiger charge is -1.92. The second-order valence-electron chi connectivity index (χ2n) is 3.52. The normalized spacial score (nSPS) is 11.0. The third-order valence-electron chi connectivity index (χ3n) is 2.37. The molecular weight excluding hydrogens is 244 g/mol. The van der Waals surface area contributed by atoms with Gasteiger partial charge in [-0.2, -0.15) is 0 Å². The van der Waals surface area contributed by atoms with Gasteiger partial charge in [-0.15, -0.1) is 0 Å². The lowest BCUT2D eigenvalue weighted by atomic mass is 10.1. The minimum absolute atomic E-state index is 0.0487. The Hall–Kier alpha value is -2.78. The van der Waals surface area contributed by atoms with Crippen LogP contribution in [0.25, 0.3) is 22.8 Å². The Morgan fingerprint density at radius 2 is 1.44 bits per heavy atom. The number of rotatable bonds is 2. The van der Waals surface area contributed by atoms with Crippen LogP contribution in [0.2, 0.25) is 0 Å². The summed E-state index contributed by atoms with van der Waals surface area (Å²) in [6.07, 6.45) is 0. The monoisotopic (exact) mass is 250 g/mol. The molecule has 0 unspecified atom stereocenters. The molecule has 0 saturated carbocycles. The van der Waals surface area contributed by atoms with Gasteiger partial charge in [0.15, 0.2) is 11.4 Å². The van der Waals surface area contributed by atoms with E-state index >= 15 is 0 Å². The van der Waals surface area contributed by atoms with Gasteiger partial charge in [-0.25, -0.2) is 9.26 Å². The van der Waals surface area contributed by atoms with Crippen molar-refractivity contribution in [1.29, 1.82) is 0 Å². The number of aromatic nitrogens is 6. The quantitative estimate of drug-likeness (QED) is 0.577. The Morgan fingerprint density at radius 3 is 2.00 bits per heavy atom. The molecule has 0 radical (unpaired) electrons. The van der Waals surface area contributed by atoms with E-state index in [2.05, 4.69) is 39.7 Å². The first-order chi connectivity index (χ1) is 8.68. The van der Waals surface area contributed by atoms with Crippen LogP contribution in [0.15, 0.2) is 13.9 Å². The molecule has 3 rings (SSSR count). The average molecular weight is 250 g/mol. The molecule has 92 valence electrons. The van der Waals surface area contributed by atoms with E-state index in [0.29, 0.717) is 17.1 Å². The summed E-state index contributed by atoms with van der Waals surface area (Å²) >= 11 is 0. The van der Waals surface area contributed by atoms with Gasteiger partial charge in [0.05, 0.1) is 0 Å². The summed E-state index contributed by atoms with van der Waals surface area (Å²) < 4.78 is 13.7. The third-order valence-corrected chi connectivity index (χ3v) is 2.37. The molecule has 3 aromatic heterocycles. The fourth-order valence-electron chi connectivity index (χ4n) is 1.50. The van der Waals surface area contributed by atoms with E-state index in [1.54, 1.807) is 13.8 Å². The van der Waals surface area contributed by atoms with E-state index in [0.717, 1.165) is 0 Å². The molecule has 0 aliphatic carbocycles. The first-order valence-corrected chi connectivity index (χ1v) is 4.87. The standard InChI is InChI=1S/C8H6N6O4/c1-3-5(11-16-9-3)7-8(14(15)18-13-7)6-4(2)10-17-12-6/h1-2H3. The first-order valence-electron chi connectivity index (χ1n) is 4.87. The van der Waals surface area contributed by atoms with Crippen molar-refractivity contribution >= 4 is 0 Å². The molecule has 0 N–H and O–H groups in total. The van der Waals surface area contributed by atoms with Gasteiger partial charge >= 0.3 is 0 Å². The highest BCUT2D eigenvalue weighted by atomic mass is 16.8. The number of nitrogens with zero attached hydrogens (tertiary/aromatic N) is 6. The maximum atomic E-state index is 11.6. The molecule has 0 spiro atoms. The van der Waals surface area contributed by atoms with E-state index in [9.17, 15) is 5.21 Å². The Kier molecular flexibility index (Phi) is 2.08. The highest BCUT2D eigenvalue weighted by Gasteiger charge is 2.31. The minimum atomic E-state index is 0.0487. The number of aryl methyl sites for hydroxylation is 2. The molecule has 0 fully saturated rings. The summed E-state index contributed by atoms with van der Waals surface area (Å²) in [6, 6.07) is 0. The lowest BCUT2D eigenvalue weighted by molar-refractivity contribution is -0.793. The van der Waals surface area contributed by atoms with Crippen LogP contribution in [0.5, 0.6) is 0 Å². The zero-order valence-corrected chi connectivity index (χ0v) is 9.32. The number of hydrogen-bond donors (Lipinski definition) is 0. The molecule has 3 heterocycles. The molecular formula is C8H6N6O4. The van der Waals surface area contributed by atoms with Crippen LogP contribution in [0.1, 0.15) is 11.4 Å². The van der Waals surface area contributed by atoms with Crippen molar-refractivity contribution in [3.8, 4) is 22.8 Å². The maximum absolute atomic E-state index is 11.6. The van der Waals surface area contributed by atoms with E-state index in [1.807, 2.05) is 0 Å². The molecule has 18 heavy (non-hydrogen) atoms. The Morgan fingerprint density at radius 1 is 0.833 bits per heavy atom. The van der Waals surface area contributed by atoms with Crippen molar-refractivity contribution in [3.05, 3.63) is 16.6 Å². The fourth-order valence-corrected chi connectivity index (χ4v) is 1.50. The number of hydrogen-bond acceptors (Lipinski definition) is 9. The van der Waals surface area contributed by atoms with E-state index in [4.69, 9.17) is 0 Å². The highest BCUT2D eigenvalue weighted by Crippen LogP contribution is 2.28. The minimum Gasteiger partial charge on any atom is -0.359 e. The zero-order valence-electron chi connectivity index (χ0n) is 9.32. The van der Waals surface area contributed by atoms with Crippen molar-refractivity contribution in [2.45, 2.75) is 13.8 Å². The van der Waals surface area contributed by atoms with Gasteiger partial charge < -0.3 is 5.21 Å². The fraction of sp³-hybridized carbons (Fsp3) is 0.250. The van der Waals surface area contributed by atoms with Gasteiger partial charge in [0.1, 0.15) is 11.4 Å². The Labute approximate surface area is 98.6 Å². The van der Waals surface area contributed by atoms with Crippen LogP contribution in [0.3, 0.4) is 0 Å². The molecule has 10 nitrogen and oxygen atoms in total. The SMILES string of the molecule is Cc1nonc1-c1no[n+]([O-])c1-c1nonc1C. The van der Waals surface area contributed by atoms with Gasteiger partial charge in [-0.1, -0.05) is 10.3 Å². The third kappa shape index (κ3) is 1.35. The first kappa shape index (κ1) is 10.4. The van der Waals surface area contributed by atoms with Crippen molar-refractivity contribution in [2.75, 3.05) is 0 Å². The zero-order chi connectivity index (χ0) is 12.7. The van der Waals surface area contributed by atoms with Gasteiger partial charge in [-0.3, -0.25) is 4.63 Å². The summed E-state index contributed by atoms with van der Waals surface area (Å²) in [4.78, 5) is 0.204. The Balaban J connectivity index is 2.25. The van der Waals surface area contributed by atoms with E-state index in [1.165, 1.54) is 0 Å². The molecule has 0 saturated heterocycles. The topological polar surface area (TPSA) is 131 Å². The van der Waals surface area contributed by atoms with Crippen LogP contribution in [-0.4, -0.2) is 25.8 Å². The Bertz CT molecular complexity index is 698. The van der Waals surface area contributed by atoms with Crippen molar-refractivity contribution in [2.24, 2.45) is 0 Å². The molecule has 0 amide bonds. The largest absolute Gasteiger partial charge is 0.359 e. The molecule has 3 aromatic rings. The molecule has 0 bridgehead atoms. The summed E-state index contributed by atoms with van der Waals surface area (Å²) in [5.74, 6) is 0. The van der Waals surface area contributed by atoms with Crippen molar-refractivity contribution < 1.29 is 18.8 Å². The van der Waals surface area contributed by atoms with Gasteiger partial charge in [0.25, 0.3) is 11.4 Å². The molecule has 0 aromatic carbocycles. The van der Waals surface area contributed by atoms with Gasteiger partial charge in [0.2, 0.25) is 0 Å². The van der Waals surface area contributed by atoms with Crippen LogP contribution in [0, 0.1) is 19.1 Å². The summed E-state index contributed by atoms with van der Waals surface area (Å²) in [6.45, 7) is 3.30. The van der Waals surface area contributed by atoms with Gasteiger partial charge in [-0.05, 0) is 29.1 Å². The van der Waals surface area contributed by atoms with E-state index in [-0.39, 0.29) is 22.0 Å². The van der Waals surface area contributed by atoms with Crippen LogP contribution in [-0.2, 0) is 0 Å². The van der Waals surface area contributed by atoms with Crippen molar-refractivity contribution in [3.63, 3.8) is 0 Å². The van der Waals surface area contributed by atoms with Crippen molar-refractivity contribution in [1.82, 2.24) is 25.8 Å². The molecule has 0 aliphatic heterocycles. The summed E-state index contributed by atoms with van der Waals surface area (Å²) in [7, 11) is 0. The molecule has 0 atom stereocenters. The maximum Gasteiger partial charge on any atom is 0.282 e. The smallest absolute Gasteiger partial charge is 0.282 e. The second-order valence-corrected chi connectivity index (χ2v) is 3.52. The predicted molar refractivity (Wildman–Crippen MR) is 51.5 cm³/mol. The molecule has 10 heteroatoms. The predicted octanol–water partition coefficient (Wildman–Crippen LogP) is 0.0248. The lowest BCUT2D eigenvalue weighted by Crippen LogP contribution is -2.25.